The largest absolute Gasteiger partial charge is 0.326 e. The minimum atomic E-state index is 0.503. The summed E-state index contributed by atoms with van der Waals surface area (Å²) >= 11 is 1.75. The van der Waals surface area contributed by atoms with Crippen LogP contribution in [0.1, 0.15) is 17.5 Å². The fourth-order valence-electron chi connectivity index (χ4n) is 1.56. The SMILES string of the molecule is Cc1ncsc1CCN1NC=CC1C. The van der Waals surface area contributed by atoms with E-state index >= 15 is 0 Å². The maximum absolute atomic E-state index is 4.24. The molecule has 0 amide bonds. The molecule has 1 aromatic rings. The van der Waals surface area contributed by atoms with Crippen molar-refractivity contribution in [2.24, 2.45) is 0 Å². The first kappa shape index (κ1) is 9.68. The molecule has 1 aromatic heterocycles. The second-order valence-electron chi connectivity index (χ2n) is 3.53. The maximum Gasteiger partial charge on any atom is 0.0797 e. The van der Waals surface area contributed by atoms with Gasteiger partial charge in [0, 0.05) is 23.7 Å². The lowest BCUT2D eigenvalue weighted by molar-refractivity contribution is 0.214. The lowest BCUT2D eigenvalue weighted by atomic mass is 10.2. The summed E-state index contributed by atoms with van der Waals surface area (Å²) in [4.78, 5) is 5.64. The zero-order valence-electron chi connectivity index (χ0n) is 8.53. The number of hydrogen-bond donors (Lipinski definition) is 1. The fraction of sp³-hybridized carbons (Fsp3) is 0.500. The number of aryl methyl sites for hydroxylation is 1. The molecule has 1 unspecified atom stereocenters. The van der Waals surface area contributed by atoms with E-state index < -0.39 is 0 Å². The Balaban J connectivity index is 1.86. The van der Waals surface area contributed by atoms with Gasteiger partial charge >= 0.3 is 0 Å². The molecule has 2 heterocycles. The van der Waals surface area contributed by atoms with Gasteiger partial charge in [0.25, 0.3) is 0 Å². The van der Waals surface area contributed by atoms with Crippen molar-refractivity contribution in [2.45, 2.75) is 26.3 Å². The van der Waals surface area contributed by atoms with Crippen molar-refractivity contribution < 1.29 is 0 Å². The van der Waals surface area contributed by atoms with E-state index in [2.05, 4.69) is 35.3 Å². The zero-order valence-corrected chi connectivity index (χ0v) is 9.34. The van der Waals surface area contributed by atoms with Gasteiger partial charge in [-0.1, -0.05) is 0 Å². The second-order valence-corrected chi connectivity index (χ2v) is 4.47. The van der Waals surface area contributed by atoms with Crippen molar-refractivity contribution in [3.8, 4) is 0 Å². The molecule has 0 aliphatic carbocycles. The summed E-state index contributed by atoms with van der Waals surface area (Å²) in [5.41, 5.74) is 6.32. The molecule has 1 atom stereocenters. The van der Waals surface area contributed by atoms with E-state index in [1.54, 1.807) is 11.3 Å². The molecule has 0 radical (unpaired) electrons. The van der Waals surface area contributed by atoms with Crippen LogP contribution in [0.15, 0.2) is 17.8 Å². The number of nitrogens with zero attached hydrogens (tertiary/aromatic N) is 2. The molecule has 0 saturated carbocycles. The van der Waals surface area contributed by atoms with Gasteiger partial charge in [0.05, 0.1) is 11.2 Å². The molecule has 0 spiro atoms. The van der Waals surface area contributed by atoms with Gasteiger partial charge in [-0.05, 0) is 26.3 Å². The van der Waals surface area contributed by atoms with Gasteiger partial charge in [0.1, 0.15) is 0 Å². The highest BCUT2D eigenvalue weighted by molar-refractivity contribution is 7.09. The first-order valence-electron chi connectivity index (χ1n) is 4.86. The van der Waals surface area contributed by atoms with E-state index in [-0.39, 0.29) is 0 Å². The van der Waals surface area contributed by atoms with Gasteiger partial charge in [-0.2, -0.15) is 0 Å². The van der Waals surface area contributed by atoms with Crippen LogP contribution in [0.2, 0.25) is 0 Å². The Hall–Kier alpha value is -0.870. The summed E-state index contributed by atoms with van der Waals surface area (Å²) < 4.78 is 0. The predicted octanol–water partition coefficient (Wildman–Crippen LogP) is 1.72. The second kappa shape index (κ2) is 4.11. The van der Waals surface area contributed by atoms with Crippen LogP contribution in [0.4, 0.5) is 0 Å². The molecule has 76 valence electrons. The summed E-state index contributed by atoms with van der Waals surface area (Å²) in [6.45, 7) is 5.30. The Bertz CT molecular complexity index is 332. The number of thiazole rings is 1. The third-order valence-corrected chi connectivity index (χ3v) is 3.53. The van der Waals surface area contributed by atoms with Gasteiger partial charge in [-0.25, -0.2) is 9.99 Å². The van der Waals surface area contributed by atoms with Crippen LogP contribution in [-0.2, 0) is 6.42 Å². The Morgan fingerprint density at radius 1 is 1.64 bits per heavy atom. The number of aromatic nitrogens is 1. The van der Waals surface area contributed by atoms with E-state index in [1.165, 1.54) is 10.6 Å². The Kier molecular flexibility index (Phi) is 2.84. The van der Waals surface area contributed by atoms with Crippen molar-refractivity contribution in [1.82, 2.24) is 15.4 Å². The smallest absolute Gasteiger partial charge is 0.0797 e. The molecule has 0 saturated heterocycles. The van der Waals surface area contributed by atoms with Crippen molar-refractivity contribution in [3.63, 3.8) is 0 Å². The summed E-state index contributed by atoms with van der Waals surface area (Å²) in [5, 5.41) is 2.24. The molecule has 2 rings (SSSR count). The van der Waals surface area contributed by atoms with E-state index in [1.807, 2.05) is 11.7 Å². The minimum absolute atomic E-state index is 0.503. The predicted molar refractivity (Wildman–Crippen MR) is 59.0 cm³/mol. The lowest BCUT2D eigenvalue weighted by Gasteiger charge is -2.20. The average molecular weight is 209 g/mol. The van der Waals surface area contributed by atoms with Crippen molar-refractivity contribution in [2.75, 3.05) is 6.54 Å². The molecule has 0 bridgehead atoms. The normalized spacial score (nSPS) is 21.4. The Morgan fingerprint density at radius 3 is 3.07 bits per heavy atom. The molecule has 4 heteroatoms. The van der Waals surface area contributed by atoms with Gasteiger partial charge in [0.15, 0.2) is 0 Å². The first-order valence-corrected chi connectivity index (χ1v) is 5.74. The van der Waals surface area contributed by atoms with Crippen LogP contribution in [0.25, 0.3) is 0 Å². The molecular formula is C10H15N3S. The summed E-state index contributed by atoms with van der Waals surface area (Å²) in [5.74, 6) is 0. The van der Waals surface area contributed by atoms with E-state index in [9.17, 15) is 0 Å². The third-order valence-electron chi connectivity index (χ3n) is 2.53. The molecule has 3 nitrogen and oxygen atoms in total. The Labute approximate surface area is 88.4 Å². The summed E-state index contributed by atoms with van der Waals surface area (Å²) in [6.07, 6.45) is 5.25. The quantitative estimate of drug-likeness (QED) is 0.821. The molecule has 0 aromatic carbocycles. The topological polar surface area (TPSA) is 28.2 Å². The third kappa shape index (κ3) is 1.96. The highest BCUT2D eigenvalue weighted by atomic mass is 32.1. The monoisotopic (exact) mass is 209 g/mol. The molecule has 14 heavy (non-hydrogen) atoms. The van der Waals surface area contributed by atoms with Gasteiger partial charge in [-0.15, -0.1) is 11.3 Å². The molecule has 0 fully saturated rings. The summed E-state index contributed by atoms with van der Waals surface area (Å²) in [6, 6.07) is 0.503. The number of rotatable bonds is 3. The van der Waals surface area contributed by atoms with Crippen LogP contribution in [0.3, 0.4) is 0 Å². The summed E-state index contributed by atoms with van der Waals surface area (Å²) in [7, 11) is 0. The first-order chi connectivity index (χ1) is 6.77. The number of hydrazine groups is 1. The van der Waals surface area contributed by atoms with Gasteiger partial charge < -0.3 is 5.43 Å². The van der Waals surface area contributed by atoms with Gasteiger partial charge in [-0.3, -0.25) is 0 Å². The van der Waals surface area contributed by atoms with E-state index in [0.29, 0.717) is 6.04 Å². The highest BCUT2D eigenvalue weighted by Crippen LogP contribution is 2.14. The molecular weight excluding hydrogens is 194 g/mol. The van der Waals surface area contributed by atoms with Gasteiger partial charge in [0.2, 0.25) is 0 Å². The van der Waals surface area contributed by atoms with Crippen LogP contribution in [-0.4, -0.2) is 22.6 Å². The average Bonchev–Trinajstić information content (AvgIpc) is 2.72. The minimum Gasteiger partial charge on any atom is -0.326 e. The van der Waals surface area contributed by atoms with Crippen LogP contribution >= 0.6 is 11.3 Å². The van der Waals surface area contributed by atoms with Crippen LogP contribution in [0, 0.1) is 6.92 Å². The Morgan fingerprint density at radius 2 is 2.50 bits per heavy atom. The molecule has 1 aliphatic heterocycles. The number of hydrogen-bond acceptors (Lipinski definition) is 4. The molecule has 1 aliphatic rings. The van der Waals surface area contributed by atoms with Crippen molar-refractivity contribution >= 4 is 11.3 Å². The fourth-order valence-corrected chi connectivity index (χ4v) is 2.33. The lowest BCUT2D eigenvalue weighted by Crippen LogP contribution is -2.37. The van der Waals surface area contributed by atoms with Crippen molar-refractivity contribution in [1.29, 1.82) is 0 Å². The van der Waals surface area contributed by atoms with Crippen molar-refractivity contribution in [3.05, 3.63) is 28.4 Å². The van der Waals surface area contributed by atoms with Crippen LogP contribution in [0.5, 0.6) is 0 Å². The standard InChI is InChI=1S/C10H15N3S/c1-8-3-5-12-13(8)6-4-10-9(2)11-7-14-10/h3,5,7-8,12H,4,6H2,1-2H3. The zero-order chi connectivity index (χ0) is 9.97. The van der Waals surface area contributed by atoms with Crippen LogP contribution < -0.4 is 5.43 Å². The van der Waals surface area contributed by atoms with E-state index in [0.717, 1.165) is 13.0 Å². The molecule has 1 N–H and O–H groups in total. The maximum atomic E-state index is 4.24. The number of nitrogens with one attached hydrogen (secondary N) is 1. The highest BCUT2D eigenvalue weighted by Gasteiger charge is 2.14. The van der Waals surface area contributed by atoms with E-state index in [4.69, 9.17) is 0 Å².